The van der Waals surface area contributed by atoms with Crippen LogP contribution in [-0.2, 0) is 13.1 Å². The first-order chi connectivity index (χ1) is 10.0. The minimum absolute atomic E-state index is 0.113. The maximum absolute atomic E-state index is 12.7. The van der Waals surface area contributed by atoms with Crippen molar-refractivity contribution >= 4 is 11.9 Å². The summed E-state index contributed by atoms with van der Waals surface area (Å²) in [5, 5.41) is 8.54. The first-order valence-electron chi connectivity index (χ1n) is 7.27. The van der Waals surface area contributed by atoms with Crippen LogP contribution in [0.25, 0.3) is 0 Å². The molecule has 0 aliphatic carbocycles. The summed E-state index contributed by atoms with van der Waals surface area (Å²) in [6.45, 7) is 8.59. The first kappa shape index (κ1) is 13.8. The fourth-order valence-electron chi connectivity index (χ4n) is 2.61. The van der Waals surface area contributed by atoms with Gasteiger partial charge in [0.2, 0.25) is 5.95 Å². The van der Waals surface area contributed by atoms with E-state index in [1.54, 1.807) is 15.6 Å². The molecule has 0 aromatic carbocycles. The van der Waals surface area contributed by atoms with Crippen LogP contribution in [0.5, 0.6) is 0 Å². The number of carbonyl (C=O) groups is 1. The largest absolute Gasteiger partial charge is 0.281 e. The molecule has 1 aliphatic rings. The molecule has 0 saturated carbocycles. The molecule has 0 N–H and O–H groups in total. The zero-order chi connectivity index (χ0) is 15.0. The number of amides is 1. The lowest BCUT2D eigenvalue weighted by atomic mass is 10.1. The summed E-state index contributed by atoms with van der Waals surface area (Å²) in [4.78, 5) is 18.5. The lowest BCUT2D eigenvalue weighted by Gasteiger charge is -2.29. The molecular weight excluding hydrogens is 268 g/mol. The van der Waals surface area contributed by atoms with E-state index in [1.165, 1.54) is 6.33 Å². The van der Waals surface area contributed by atoms with Crippen molar-refractivity contribution in [2.45, 2.75) is 33.9 Å². The minimum Gasteiger partial charge on any atom is -0.275 e. The molecule has 0 bridgehead atoms. The average Bonchev–Trinajstić information content (AvgIpc) is 3.04. The van der Waals surface area contributed by atoms with Gasteiger partial charge in [-0.2, -0.15) is 15.2 Å². The van der Waals surface area contributed by atoms with E-state index in [-0.39, 0.29) is 5.91 Å². The fraction of sp³-hybridized carbons (Fsp3) is 0.571. The van der Waals surface area contributed by atoms with Crippen molar-refractivity contribution in [1.82, 2.24) is 24.5 Å². The second-order valence-electron chi connectivity index (χ2n) is 6.08. The molecule has 0 saturated heterocycles. The summed E-state index contributed by atoms with van der Waals surface area (Å²) >= 11 is 0. The molecule has 3 heterocycles. The summed E-state index contributed by atoms with van der Waals surface area (Å²) in [6.07, 6.45) is 3.34. The van der Waals surface area contributed by atoms with E-state index in [9.17, 15) is 4.79 Å². The van der Waals surface area contributed by atoms with Crippen LogP contribution in [0.3, 0.4) is 0 Å². The molecule has 21 heavy (non-hydrogen) atoms. The minimum atomic E-state index is -0.113. The van der Waals surface area contributed by atoms with Crippen LogP contribution < -0.4 is 4.90 Å². The van der Waals surface area contributed by atoms with Crippen molar-refractivity contribution in [3.05, 3.63) is 24.3 Å². The van der Waals surface area contributed by atoms with E-state index in [1.807, 2.05) is 10.9 Å². The Hall–Kier alpha value is -2.18. The topological polar surface area (TPSA) is 68.8 Å². The number of nitrogens with zero attached hydrogens (tertiary/aromatic N) is 6. The predicted molar refractivity (Wildman–Crippen MR) is 77.9 cm³/mol. The Balaban J connectivity index is 1.84. The van der Waals surface area contributed by atoms with Crippen molar-refractivity contribution in [3.8, 4) is 0 Å². The Morgan fingerprint density at radius 2 is 2.24 bits per heavy atom. The number of carbonyl (C=O) groups excluding carboxylic acids is 1. The van der Waals surface area contributed by atoms with Gasteiger partial charge in [0.15, 0.2) is 5.69 Å². The van der Waals surface area contributed by atoms with E-state index in [0.717, 1.165) is 13.1 Å². The molecule has 1 atom stereocenters. The Kier molecular flexibility index (Phi) is 3.48. The van der Waals surface area contributed by atoms with E-state index in [4.69, 9.17) is 0 Å². The molecule has 7 nitrogen and oxygen atoms in total. The van der Waals surface area contributed by atoms with Gasteiger partial charge in [0, 0.05) is 25.8 Å². The van der Waals surface area contributed by atoms with E-state index in [2.05, 4.69) is 36.0 Å². The number of anilines is 1. The normalized spacial score (nSPS) is 18.1. The van der Waals surface area contributed by atoms with Gasteiger partial charge in [-0.1, -0.05) is 20.8 Å². The lowest BCUT2D eigenvalue weighted by Crippen LogP contribution is -2.42. The van der Waals surface area contributed by atoms with Crippen molar-refractivity contribution < 1.29 is 4.79 Å². The Morgan fingerprint density at radius 3 is 3.00 bits per heavy atom. The van der Waals surface area contributed by atoms with Gasteiger partial charge >= 0.3 is 0 Å². The Morgan fingerprint density at radius 1 is 1.43 bits per heavy atom. The van der Waals surface area contributed by atoms with Crippen LogP contribution in [0.1, 0.15) is 31.3 Å². The number of fused-ring (bicyclic) bond motifs is 1. The van der Waals surface area contributed by atoms with Gasteiger partial charge in [0.25, 0.3) is 5.91 Å². The first-order valence-corrected chi connectivity index (χ1v) is 7.27. The molecule has 0 fully saturated rings. The summed E-state index contributed by atoms with van der Waals surface area (Å²) in [6, 6.07) is 1.77. The molecule has 112 valence electrons. The number of hydrogen-bond acceptors (Lipinski definition) is 4. The molecular formula is C14H20N6O. The second kappa shape index (κ2) is 5.31. The van der Waals surface area contributed by atoms with Crippen LogP contribution in [0, 0.1) is 11.8 Å². The molecule has 1 aliphatic heterocycles. The number of hydrogen-bond donors (Lipinski definition) is 0. The SMILES string of the molecule is CC(C)Cn1ccc(C(=O)N2CC(C)Cn3ncnc32)n1. The molecule has 7 heteroatoms. The molecule has 0 radical (unpaired) electrons. The molecule has 2 aromatic heterocycles. The highest BCUT2D eigenvalue weighted by Crippen LogP contribution is 2.21. The highest BCUT2D eigenvalue weighted by Gasteiger charge is 2.30. The Labute approximate surface area is 123 Å². The highest BCUT2D eigenvalue weighted by atomic mass is 16.2. The smallest absolute Gasteiger partial charge is 0.275 e. The fourth-order valence-corrected chi connectivity index (χ4v) is 2.61. The maximum Gasteiger partial charge on any atom is 0.281 e. The average molecular weight is 288 g/mol. The lowest BCUT2D eigenvalue weighted by molar-refractivity contribution is 0.0968. The summed E-state index contributed by atoms with van der Waals surface area (Å²) in [7, 11) is 0. The van der Waals surface area contributed by atoms with E-state index >= 15 is 0 Å². The van der Waals surface area contributed by atoms with Gasteiger partial charge < -0.3 is 0 Å². The third kappa shape index (κ3) is 2.68. The molecule has 1 unspecified atom stereocenters. The van der Waals surface area contributed by atoms with Gasteiger partial charge in [-0.05, 0) is 17.9 Å². The molecule has 3 rings (SSSR count). The van der Waals surface area contributed by atoms with Crippen LogP contribution in [0.4, 0.5) is 5.95 Å². The highest BCUT2D eigenvalue weighted by molar-refractivity contribution is 6.03. The van der Waals surface area contributed by atoms with Crippen molar-refractivity contribution in [2.75, 3.05) is 11.4 Å². The molecule has 1 amide bonds. The standard InChI is InChI=1S/C14H20N6O/c1-10(2)6-18-5-4-12(17-18)13(21)19-7-11(3)8-20-14(19)15-9-16-20/h4-5,9-11H,6-8H2,1-3H3. The number of aromatic nitrogens is 5. The number of rotatable bonds is 3. The van der Waals surface area contributed by atoms with E-state index < -0.39 is 0 Å². The molecule has 0 spiro atoms. The van der Waals surface area contributed by atoms with Crippen LogP contribution in [0.2, 0.25) is 0 Å². The Bertz CT molecular complexity index is 643. The van der Waals surface area contributed by atoms with Crippen molar-refractivity contribution in [3.63, 3.8) is 0 Å². The maximum atomic E-state index is 12.7. The van der Waals surface area contributed by atoms with Gasteiger partial charge in [0.1, 0.15) is 6.33 Å². The third-order valence-corrected chi connectivity index (χ3v) is 3.47. The quantitative estimate of drug-likeness (QED) is 0.856. The molecule has 2 aromatic rings. The monoisotopic (exact) mass is 288 g/mol. The van der Waals surface area contributed by atoms with Gasteiger partial charge in [0.05, 0.1) is 0 Å². The van der Waals surface area contributed by atoms with Gasteiger partial charge in [-0.25, -0.2) is 4.68 Å². The zero-order valence-electron chi connectivity index (χ0n) is 12.6. The summed E-state index contributed by atoms with van der Waals surface area (Å²) in [5.74, 6) is 1.33. The van der Waals surface area contributed by atoms with E-state index in [0.29, 0.717) is 30.0 Å². The predicted octanol–water partition coefficient (Wildman–Crippen LogP) is 1.43. The van der Waals surface area contributed by atoms with Crippen molar-refractivity contribution in [1.29, 1.82) is 0 Å². The van der Waals surface area contributed by atoms with Gasteiger partial charge in [-0.15, -0.1) is 0 Å². The van der Waals surface area contributed by atoms with Crippen molar-refractivity contribution in [2.24, 2.45) is 11.8 Å². The summed E-state index contributed by atoms with van der Waals surface area (Å²) in [5.41, 5.74) is 0.458. The zero-order valence-corrected chi connectivity index (χ0v) is 12.6. The summed E-state index contributed by atoms with van der Waals surface area (Å²) < 4.78 is 3.59. The van der Waals surface area contributed by atoms with Crippen LogP contribution in [0.15, 0.2) is 18.6 Å². The van der Waals surface area contributed by atoms with Crippen LogP contribution >= 0.6 is 0 Å². The second-order valence-corrected chi connectivity index (χ2v) is 6.08. The van der Waals surface area contributed by atoms with Gasteiger partial charge in [-0.3, -0.25) is 14.4 Å². The third-order valence-electron chi connectivity index (χ3n) is 3.47. The van der Waals surface area contributed by atoms with Crippen LogP contribution in [-0.4, -0.2) is 37.0 Å².